The van der Waals surface area contributed by atoms with Crippen molar-refractivity contribution in [1.82, 2.24) is 9.29 Å². The molecule has 0 atom stereocenters. The highest BCUT2D eigenvalue weighted by atomic mass is 32.2. The predicted molar refractivity (Wildman–Crippen MR) is 59.1 cm³/mol. The molecule has 2 rings (SSSR count). The molecule has 2 heterocycles. The van der Waals surface area contributed by atoms with Gasteiger partial charge in [-0.2, -0.15) is 9.29 Å². The summed E-state index contributed by atoms with van der Waals surface area (Å²) in [6, 6.07) is 0.105. The molecule has 0 amide bonds. The van der Waals surface area contributed by atoms with Crippen LogP contribution in [0.4, 0.5) is 6.01 Å². The number of aromatic nitrogens is 1. The second-order valence-electron chi connectivity index (χ2n) is 4.10. The maximum atomic E-state index is 11.9. The molecule has 2 N–H and O–H groups in total. The van der Waals surface area contributed by atoms with E-state index in [1.165, 1.54) is 4.31 Å². The Kier molecular flexibility index (Phi) is 2.67. The van der Waals surface area contributed by atoms with Crippen molar-refractivity contribution >= 4 is 16.0 Å². The molecule has 1 aliphatic rings. The van der Waals surface area contributed by atoms with Gasteiger partial charge in [-0.05, 0) is 13.8 Å². The Morgan fingerprint density at radius 2 is 2.19 bits per heavy atom. The molecule has 0 saturated carbocycles. The Bertz CT molecular complexity index is 492. The minimum Gasteiger partial charge on any atom is -0.429 e. The molecule has 0 unspecified atom stereocenters. The fourth-order valence-corrected chi connectivity index (χ4v) is 2.95. The molecule has 0 radical (unpaired) electrons. The highest BCUT2D eigenvalue weighted by Gasteiger charge is 2.31. The first-order chi connectivity index (χ1) is 7.41. The summed E-state index contributed by atoms with van der Waals surface area (Å²) in [6.45, 7) is 4.03. The van der Waals surface area contributed by atoms with E-state index in [0.29, 0.717) is 24.4 Å². The third-order valence-electron chi connectivity index (χ3n) is 2.66. The summed E-state index contributed by atoms with van der Waals surface area (Å²) >= 11 is 0. The van der Waals surface area contributed by atoms with E-state index in [4.69, 9.17) is 10.2 Å². The summed E-state index contributed by atoms with van der Waals surface area (Å²) in [6.07, 6.45) is 0.533. The first kappa shape index (κ1) is 11.4. The van der Waals surface area contributed by atoms with Crippen LogP contribution in [0.2, 0.25) is 0 Å². The van der Waals surface area contributed by atoms with Gasteiger partial charge in [-0.25, -0.2) is 8.42 Å². The van der Waals surface area contributed by atoms with E-state index < -0.39 is 15.3 Å². The number of nitrogens with two attached hydrogens (primary N) is 1. The lowest BCUT2D eigenvalue weighted by molar-refractivity contribution is 0.360. The lowest BCUT2D eigenvalue weighted by atomic mass is 10.2. The standard InChI is InChI=1S/C9H15N3O3S/c1-6(2)16(13,14)12-4-3-8-7(5-12)11-9(10)15-8/h6H,3-5H2,1-2H3,(H2,10,11). The number of sulfonamides is 1. The number of hydrogen-bond donors (Lipinski definition) is 1. The molecule has 6 nitrogen and oxygen atoms in total. The third kappa shape index (κ3) is 1.80. The maximum absolute atomic E-state index is 11.9. The normalized spacial score (nSPS) is 17.7. The van der Waals surface area contributed by atoms with Crippen LogP contribution in [0.25, 0.3) is 0 Å². The molecule has 0 fully saturated rings. The lowest BCUT2D eigenvalue weighted by Crippen LogP contribution is -2.39. The molecule has 1 aromatic heterocycles. The fourth-order valence-electron chi connectivity index (χ4n) is 1.71. The zero-order chi connectivity index (χ0) is 11.9. The molecular formula is C9H15N3O3S. The van der Waals surface area contributed by atoms with Crippen LogP contribution in [0.1, 0.15) is 25.3 Å². The number of rotatable bonds is 2. The average molecular weight is 245 g/mol. The Balaban J connectivity index is 2.26. The largest absolute Gasteiger partial charge is 0.429 e. The van der Waals surface area contributed by atoms with Gasteiger partial charge < -0.3 is 10.2 Å². The van der Waals surface area contributed by atoms with Crippen molar-refractivity contribution in [2.24, 2.45) is 0 Å². The molecule has 0 saturated heterocycles. The topological polar surface area (TPSA) is 89.4 Å². The quantitative estimate of drug-likeness (QED) is 0.812. The smallest absolute Gasteiger partial charge is 0.292 e. The van der Waals surface area contributed by atoms with Crippen molar-refractivity contribution in [3.05, 3.63) is 11.5 Å². The van der Waals surface area contributed by atoms with E-state index >= 15 is 0 Å². The second-order valence-corrected chi connectivity index (χ2v) is 6.59. The van der Waals surface area contributed by atoms with Gasteiger partial charge >= 0.3 is 0 Å². The predicted octanol–water partition coefficient (Wildman–Crippen LogP) is 0.353. The van der Waals surface area contributed by atoms with Gasteiger partial charge in [-0.1, -0.05) is 0 Å². The van der Waals surface area contributed by atoms with Gasteiger partial charge in [0.1, 0.15) is 5.76 Å². The Labute approximate surface area is 94.5 Å². The summed E-state index contributed by atoms with van der Waals surface area (Å²) in [4.78, 5) is 3.98. The highest BCUT2D eigenvalue weighted by molar-refractivity contribution is 7.89. The van der Waals surface area contributed by atoms with Crippen LogP contribution in [-0.4, -0.2) is 29.5 Å². The molecule has 7 heteroatoms. The second kappa shape index (κ2) is 3.74. The molecule has 0 spiro atoms. The van der Waals surface area contributed by atoms with Crippen LogP contribution in [-0.2, 0) is 23.0 Å². The van der Waals surface area contributed by atoms with Gasteiger partial charge in [-0.15, -0.1) is 0 Å². The van der Waals surface area contributed by atoms with Crippen LogP contribution in [0.15, 0.2) is 4.42 Å². The van der Waals surface area contributed by atoms with Crippen molar-refractivity contribution in [2.75, 3.05) is 12.3 Å². The van der Waals surface area contributed by atoms with Gasteiger partial charge in [0.15, 0.2) is 0 Å². The number of nitrogens with zero attached hydrogens (tertiary/aromatic N) is 2. The Morgan fingerprint density at radius 1 is 1.50 bits per heavy atom. The first-order valence-electron chi connectivity index (χ1n) is 5.14. The van der Waals surface area contributed by atoms with Gasteiger partial charge in [-0.3, -0.25) is 0 Å². The monoisotopic (exact) mass is 245 g/mol. The fraction of sp³-hybridized carbons (Fsp3) is 0.667. The van der Waals surface area contributed by atoms with E-state index in [1.807, 2.05) is 0 Å². The van der Waals surface area contributed by atoms with E-state index in [-0.39, 0.29) is 12.6 Å². The van der Waals surface area contributed by atoms with Crippen LogP contribution in [0.3, 0.4) is 0 Å². The number of fused-ring (bicyclic) bond motifs is 1. The van der Waals surface area contributed by atoms with Crippen molar-refractivity contribution in [3.63, 3.8) is 0 Å². The first-order valence-corrected chi connectivity index (χ1v) is 6.64. The van der Waals surface area contributed by atoms with Gasteiger partial charge in [0.2, 0.25) is 10.0 Å². The molecule has 0 aromatic carbocycles. The number of anilines is 1. The zero-order valence-corrected chi connectivity index (χ0v) is 10.1. The molecule has 0 aliphatic carbocycles. The van der Waals surface area contributed by atoms with E-state index in [1.54, 1.807) is 13.8 Å². The third-order valence-corrected chi connectivity index (χ3v) is 4.89. The number of hydrogen-bond acceptors (Lipinski definition) is 5. The minimum atomic E-state index is -3.22. The molecule has 1 aromatic rings. The summed E-state index contributed by atoms with van der Waals surface area (Å²) in [7, 11) is -3.22. The summed E-state index contributed by atoms with van der Waals surface area (Å²) < 4.78 is 30.5. The summed E-state index contributed by atoms with van der Waals surface area (Å²) in [5.41, 5.74) is 6.06. The zero-order valence-electron chi connectivity index (χ0n) is 9.30. The Hall–Kier alpha value is -1.08. The Morgan fingerprint density at radius 3 is 2.81 bits per heavy atom. The molecule has 90 valence electrons. The molecule has 1 aliphatic heterocycles. The van der Waals surface area contributed by atoms with E-state index in [9.17, 15) is 8.42 Å². The van der Waals surface area contributed by atoms with Gasteiger partial charge in [0.25, 0.3) is 6.01 Å². The van der Waals surface area contributed by atoms with Crippen molar-refractivity contribution < 1.29 is 12.8 Å². The maximum Gasteiger partial charge on any atom is 0.292 e. The van der Waals surface area contributed by atoms with Gasteiger partial charge in [0, 0.05) is 13.0 Å². The van der Waals surface area contributed by atoms with Crippen LogP contribution in [0, 0.1) is 0 Å². The number of nitrogen functional groups attached to an aromatic ring is 1. The highest BCUT2D eigenvalue weighted by Crippen LogP contribution is 2.23. The van der Waals surface area contributed by atoms with Gasteiger partial charge in [0.05, 0.1) is 17.5 Å². The average Bonchev–Trinajstić information content (AvgIpc) is 2.56. The van der Waals surface area contributed by atoms with Crippen LogP contribution < -0.4 is 5.73 Å². The lowest BCUT2D eigenvalue weighted by Gasteiger charge is -2.26. The minimum absolute atomic E-state index is 0.105. The van der Waals surface area contributed by atoms with E-state index in [2.05, 4.69) is 4.98 Å². The van der Waals surface area contributed by atoms with Crippen LogP contribution >= 0.6 is 0 Å². The van der Waals surface area contributed by atoms with Crippen molar-refractivity contribution in [3.8, 4) is 0 Å². The summed E-state index contributed by atoms with van der Waals surface area (Å²) in [5, 5.41) is -0.418. The summed E-state index contributed by atoms with van der Waals surface area (Å²) in [5.74, 6) is 0.702. The molecular weight excluding hydrogens is 230 g/mol. The van der Waals surface area contributed by atoms with E-state index in [0.717, 1.165) is 0 Å². The van der Waals surface area contributed by atoms with Crippen molar-refractivity contribution in [1.29, 1.82) is 0 Å². The SMILES string of the molecule is CC(C)S(=O)(=O)N1CCc2oc(N)nc2C1. The van der Waals surface area contributed by atoms with Crippen LogP contribution in [0.5, 0.6) is 0 Å². The molecule has 16 heavy (non-hydrogen) atoms. The number of oxazole rings is 1. The molecule has 0 bridgehead atoms. The van der Waals surface area contributed by atoms with Crippen molar-refractivity contribution in [2.45, 2.75) is 32.1 Å².